The molecule has 1 atom stereocenters. The molecule has 0 fully saturated rings. The lowest BCUT2D eigenvalue weighted by atomic mass is 9.95. The summed E-state index contributed by atoms with van der Waals surface area (Å²) in [5.74, 6) is -0.198. The van der Waals surface area contributed by atoms with E-state index in [2.05, 4.69) is 21.4 Å². The number of benzene rings is 2. The van der Waals surface area contributed by atoms with Gasteiger partial charge in [0.05, 0.1) is 4.90 Å². The summed E-state index contributed by atoms with van der Waals surface area (Å²) in [5, 5.41) is 5.97. The highest BCUT2D eigenvalue weighted by atomic mass is 32.2. The highest BCUT2D eigenvalue weighted by molar-refractivity contribution is 7.89. The third-order valence-corrected chi connectivity index (χ3v) is 5.62. The fourth-order valence-electron chi connectivity index (χ4n) is 2.97. The van der Waals surface area contributed by atoms with Crippen LogP contribution in [0.5, 0.6) is 0 Å². The van der Waals surface area contributed by atoms with Crippen molar-refractivity contribution in [3.05, 3.63) is 59.7 Å². The van der Waals surface area contributed by atoms with E-state index in [1.807, 2.05) is 18.2 Å². The number of anilines is 1. The second-order valence-electron chi connectivity index (χ2n) is 6.01. The van der Waals surface area contributed by atoms with Crippen LogP contribution in [0.4, 0.5) is 5.69 Å². The summed E-state index contributed by atoms with van der Waals surface area (Å²) in [6.07, 6.45) is 0.948. The fraction of sp³-hybridized carbons (Fsp3) is 0.278. The summed E-state index contributed by atoms with van der Waals surface area (Å²) < 4.78 is 27.7. The molecule has 6 nitrogen and oxygen atoms in total. The zero-order chi connectivity index (χ0) is 17.9. The predicted molar refractivity (Wildman–Crippen MR) is 96.8 cm³/mol. The monoisotopic (exact) mass is 359 g/mol. The molecule has 132 valence electrons. The zero-order valence-electron chi connectivity index (χ0n) is 14.0. The molecule has 2 aromatic carbocycles. The van der Waals surface area contributed by atoms with Crippen LogP contribution in [0.2, 0.25) is 0 Å². The number of carbonyl (C=O) groups excluding carboxylic acids is 1. The first-order valence-corrected chi connectivity index (χ1v) is 9.62. The number of rotatable bonds is 5. The van der Waals surface area contributed by atoms with Crippen molar-refractivity contribution in [1.82, 2.24) is 10.0 Å². The van der Waals surface area contributed by atoms with E-state index in [4.69, 9.17) is 0 Å². The molecular formula is C18H21N3O3S. The SMILES string of the molecule is CC(=O)Nc1ccc(S(=O)(=O)NCC2NCCc3ccccc32)cc1. The van der Waals surface area contributed by atoms with Gasteiger partial charge in [-0.2, -0.15) is 0 Å². The van der Waals surface area contributed by atoms with Crippen molar-refractivity contribution >= 4 is 21.6 Å². The van der Waals surface area contributed by atoms with Crippen LogP contribution >= 0.6 is 0 Å². The topological polar surface area (TPSA) is 87.3 Å². The van der Waals surface area contributed by atoms with Crippen molar-refractivity contribution < 1.29 is 13.2 Å². The molecule has 25 heavy (non-hydrogen) atoms. The minimum atomic E-state index is -3.61. The zero-order valence-corrected chi connectivity index (χ0v) is 14.8. The van der Waals surface area contributed by atoms with Crippen LogP contribution in [-0.4, -0.2) is 27.4 Å². The molecule has 1 heterocycles. The molecule has 0 saturated heterocycles. The first kappa shape index (κ1) is 17.6. The van der Waals surface area contributed by atoms with E-state index in [9.17, 15) is 13.2 Å². The third kappa shape index (κ3) is 4.25. The average molecular weight is 359 g/mol. The predicted octanol–water partition coefficient (Wildman–Crippen LogP) is 1.81. The number of fused-ring (bicyclic) bond motifs is 1. The van der Waals surface area contributed by atoms with Crippen LogP contribution < -0.4 is 15.4 Å². The van der Waals surface area contributed by atoms with Gasteiger partial charge in [0, 0.05) is 25.2 Å². The Morgan fingerprint density at radius 3 is 2.60 bits per heavy atom. The maximum Gasteiger partial charge on any atom is 0.240 e. The van der Waals surface area contributed by atoms with Crippen LogP contribution in [0, 0.1) is 0 Å². The van der Waals surface area contributed by atoms with E-state index in [1.165, 1.54) is 24.6 Å². The normalized spacial score (nSPS) is 16.9. The maximum absolute atomic E-state index is 12.5. The van der Waals surface area contributed by atoms with Gasteiger partial charge in [-0.15, -0.1) is 0 Å². The largest absolute Gasteiger partial charge is 0.326 e. The Balaban J connectivity index is 1.69. The molecular weight excluding hydrogens is 338 g/mol. The summed E-state index contributed by atoms with van der Waals surface area (Å²) in [6.45, 7) is 2.52. The quantitative estimate of drug-likeness (QED) is 0.760. The van der Waals surface area contributed by atoms with Gasteiger partial charge in [-0.1, -0.05) is 24.3 Å². The summed E-state index contributed by atoms with van der Waals surface area (Å²) in [4.78, 5) is 11.2. The van der Waals surface area contributed by atoms with Crippen LogP contribution in [0.1, 0.15) is 24.1 Å². The summed E-state index contributed by atoms with van der Waals surface area (Å²) in [6, 6.07) is 14.1. The molecule has 1 amide bonds. The second kappa shape index (κ2) is 7.35. The Kier molecular flexibility index (Phi) is 5.17. The van der Waals surface area contributed by atoms with Gasteiger partial charge in [0.25, 0.3) is 0 Å². The molecule has 0 aromatic heterocycles. The minimum absolute atomic E-state index is 0.0432. The molecule has 7 heteroatoms. The summed E-state index contributed by atoms with van der Waals surface area (Å²) >= 11 is 0. The third-order valence-electron chi connectivity index (χ3n) is 4.18. The van der Waals surface area contributed by atoms with E-state index < -0.39 is 10.0 Å². The van der Waals surface area contributed by atoms with Crippen LogP contribution in [0.15, 0.2) is 53.4 Å². The molecule has 0 spiro atoms. The van der Waals surface area contributed by atoms with Gasteiger partial charge in [-0.05, 0) is 48.4 Å². The molecule has 1 aliphatic rings. The Labute approximate surface area is 147 Å². The Morgan fingerprint density at radius 2 is 1.88 bits per heavy atom. The van der Waals surface area contributed by atoms with Crippen molar-refractivity contribution in [2.45, 2.75) is 24.3 Å². The molecule has 0 radical (unpaired) electrons. The standard InChI is InChI=1S/C18H21N3O3S/c1-13(22)21-15-6-8-16(9-7-15)25(23,24)20-12-18-17-5-3-2-4-14(17)10-11-19-18/h2-9,18-20H,10-12H2,1H3,(H,21,22). The Morgan fingerprint density at radius 1 is 1.16 bits per heavy atom. The van der Waals surface area contributed by atoms with E-state index in [0.29, 0.717) is 5.69 Å². The van der Waals surface area contributed by atoms with Crippen LogP contribution in [0.25, 0.3) is 0 Å². The number of nitrogens with one attached hydrogen (secondary N) is 3. The number of hydrogen-bond donors (Lipinski definition) is 3. The summed E-state index contributed by atoms with van der Waals surface area (Å²) in [7, 11) is -3.61. The van der Waals surface area contributed by atoms with E-state index in [0.717, 1.165) is 18.5 Å². The van der Waals surface area contributed by atoms with Gasteiger partial charge >= 0.3 is 0 Å². The first-order valence-electron chi connectivity index (χ1n) is 8.14. The molecule has 0 saturated carbocycles. The van der Waals surface area contributed by atoms with Crippen molar-refractivity contribution in [2.75, 3.05) is 18.4 Å². The lowest BCUT2D eigenvalue weighted by Gasteiger charge is -2.27. The van der Waals surface area contributed by atoms with Crippen LogP contribution in [0.3, 0.4) is 0 Å². The van der Waals surface area contributed by atoms with Gasteiger partial charge in [-0.25, -0.2) is 13.1 Å². The summed E-state index contributed by atoms with van der Waals surface area (Å²) in [5.41, 5.74) is 2.96. The minimum Gasteiger partial charge on any atom is -0.326 e. The molecule has 3 rings (SSSR count). The average Bonchev–Trinajstić information content (AvgIpc) is 2.60. The smallest absolute Gasteiger partial charge is 0.240 e. The van der Waals surface area contributed by atoms with E-state index in [-0.39, 0.29) is 23.4 Å². The molecule has 0 bridgehead atoms. The van der Waals surface area contributed by atoms with Crippen LogP contribution in [-0.2, 0) is 21.2 Å². The molecule has 2 aromatic rings. The van der Waals surface area contributed by atoms with Crippen molar-refractivity contribution in [1.29, 1.82) is 0 Å². The lowest BCUT2D eigenvalue weighted by Crippen LogP contribution is -2.38. The molecule has 3 N–H and O–H groups in total. The first-order chi connectivity index (χ1) is 12.0. The molecule has 1 unspecified atom stereocenters. The van der Waals surface area contributed by atoms with Gasteiger partial charge in [0.1, 0.15) is 0 Å². The Bertz CT molecular complexity index is 863. The number of sulfonamides is 1. The maximum atomic E-state index is 12.5. The van der Waals surface area contributed by atoms with Gasteiger partial charge in [0.2, 0.25) is 15.9 Å². The van der Waals surface area contributed by atoms with Crippen molar-refractivity contribution in [3.8, 4) is 0 Å². The van der Waals surface area contributed by atoms with Gasteiger partial charge < -0.3 is 10.6 Å². The number of hydrogen-bond acceptors (Lipinski definition) is 4. The lowest BCUT2D eigenvalue weighted by molar-refractivity contribution is -0.114. The highest BCUT2D eigenvalue weighted by Gasteiger charge is 2.22. The number of carbonyl (C=O) groups is 1. The van der Waals surface area contributed by atoms with Gasteiger partial charge in [0.15, 0.2) is 0 Å². The van der Waals surface area contributed by atoms with Gasteiger partial charge in [-0.3, -0.25) is 4.79 Å². The Hall–Kier alpha value is -2.22. The molecule has 1 aliphatic heterocycles. The van der Waals surface area contributed by atoms with E-state index >= 15 is 0 Å². The van der Waals surface area contributed by atoms with E-state index in [1.54, 1.807) is 12.1 Å². The molecule has 0 aliphatic carbocycles. The van der Waals surface area contributed by atoms with Crippen molar-refractivity contribution in [3.63, 3.8) is 0 Å². The second-order valence-corrected chi connectivity index (χ2v) is 7.78. The number of amides is 1. The van der Waals surface area contributed by atoms with Crippen molar-refractivity contribution in [2.24, 2.45) is 0 Å². The highest BCUT2D eigenvalue weighted by Crippen LogP contribution is 2.22. The fourth-order valence-corrected chi connectivity index (χ4v) is 4.02.